The van der Waals surface area contributed by atoms with E-state index in [4.69, 9.17) is 10.5 Å². The number of hydrogen-bond donors (Lipinski definition) is 2. The number of nitrogens with one attached hydrogen (secondary N) is 1. The van der Waals surface area contributed by atoms with Gasteiger partial charge in [-0.15, -0.1) is 0 Å². The zero-order valence-corrected chi connectivity index (χ0v) is 12.5. The van der Waals surface area contributed by atoms with E-state index in [9.17, 15) is 14.0 Å². The van der Waals surface area contributed by atoms with Crippen molar-refractivity contribution in [2.75, 3.05) is 6.61 Å². The second kappa shape index (κ2) is 7.35. The van der Waals surface area contributed by atoms with E-state index in [1.807, 2.05) is 0 Å². The number of aromatic nitrogens is 1. The summed E-state index contributed by atoms with van der Waals surface area (Å²) >= 11 is 0. The fourth-order valence-electron chi connectivity index (χ4n) is 1.77. The Morgan fingerprint density at radius 3 is 2.52 bits per heavy atom. The first-order valence-electron chi connectivity index (χ1n) is 6.91. The maximum atomic E-state index is 12.8. The predicted octanol–water partition coefficient (Wildman–Crippen LogP) is 1.52. The highest BCUT2D eigenvalue weighted by molar-refractivity contribution is 5.95. The summed E-state index contributed by atoms with van der Waals surface area (Å²) in [5, 5.41) is 2.73. The molecule has 0 saturated carbocycles. The first-order valence-corrected chi connectivity index (χ1v) is 6.91. The SMILES string of the molecule is CC(COc1ccc(F)cc1)NC(=O)c1ccc(C(N)=O)nc1. The molecule has 0 bridgehead atoms. The van der Waals surface area contributed by atoms with Crippen molar-refractivity contribution >= 4 is 11.8 Å². The summed E-state index contributed by atoms with van der Waals surface area (Å²) in [4.78, 5) is 26.7. The summed E-state index contributed by atoms with van der Waals surface area (Å²) < 4.78 is 18.2. The number of nitrogens with two attached hydrogens (primary N) is 1. The Morgan fingerprint density at radius 2 is 1.96 bits per heavy atom. The summed E-state index contributed by atoms with van der Waals surface area (Å²) in [6, 6.07) is 8.19. The molecule has 23 heavy (non-hydrogen) atoms. The van der Waals surface area contributed by atoms with Gasteiger partial charge in [-0.05, 0) is 43.3 Å². The quantitative estimate of drug-likeness (QED) is 0.844. The van der Waals surface area contributed by atoms with Gasteiger partial charge in [0.15, 0.2) is 0 Å². The molecular weight excluding hydrogens is 301 g/mol. The van der Waals surface area contributed by atoms with Crippen LogP contribution in [0.1, 0.15) is 27.8 Å². The highest BCUT2D eigenvalue weighted by Gasteiger charge is 2.12. The van der Waals surface area contributed by atoms with Gasteiger partial charge in [-0.3, -0.25) is 14.6 Å². The van der Waals surface area contributed by atoms with Crippen molar-refractivity contribution < 1.29 is 18.7 Å². The van der Waals surface area contributed by atoms with Gasteiger partial charge < -0.3 is 15.8 Å². The number of pyridine rings is 1. The van der Waals surface area contributed by atoms with Gasteiger partial charge in [-0.1, -0.05) is 0 Å². The van der Waals surface area contributed by atoms with Crippen molar-refractivity contribution in [3.05, 3.63) is 59.7 Å². The largest absolute Gasteiger partial charge is 0.491 e. The minimum atomic E-state index is -0.655. The van der Waals surface area contributed by atoms with Gasteiger partial charge in [0.25, 0.3) is 11.8 Å². The van der Waals surface area contributed by atoms with Gasteiger partial charge >= 0.3 is 0 Å². The van der Waals surface area contributed by atoms with E-state index in [-0.39, 0.29) is 30.1 Å². The molecule has 120 valence electrons. The van der Waals surface area contributed by atoms with Crippen LogP contribution in [0.5, 0.6) is 5.75 Å². The maximum absolute atomic E-state index is 12.8. The Labute approximate surface area is 132 Å². The minimum absolute atomic E-state index is 0.0919. The lowest BCUT2D eigenvalue weighted by Crippen LogP contribution is -2.36. The fourth-order valence-corrected chi connectivity index (χ4v) is 1.77. The highest BCUT2D eigenvalue weighted by atomic mass is 19.1. The summed E-state index contributed by atoms with van der Waals surface area (Å²) in [6.07, 6.45) is 1.28. The molecule has 7 heteroatoms. The maximum Gasteiger partial charge on any atom is 0.267 e. The van der Waals surface area contributed by atoms with Crippen LogP contribution in [0.15, 0.2) is 42.6 Å². The minimum Gasteiger partial charge on any atom is -0.491 e. The summed E-state index contributed by atoms with van der Waals surface area (Å²) in [6.45, 7) is 2.00. The fraction of sp³-hybridized carbons (Fsp3) is 0.188. The van der Waals surface area contributed by atoms with Crippen molar-refractivity contribution in [2.24, 2.45) is 5.73 Å². The van der Waals surface area contributed by atoms with Crippen LogP contribution < -0.4 is 15.8 Å². The van der Waals surface area contributed by atoms with Gasteiger partial charge in [0.1, 0.15) is 23.9 Å². The Morgan fingerprint density at radius 1 is 1.26 bits per heavy atom. The average molecular weight is 317 g/mol. The smallest absolute Gasteiger partial charge is 0.267 e. The van der Waals surface area contributed by atoms with Crippen molar-refractivity contribution in [1.29, 1.82) is 0 Å². The molecule has 0 aliphatic heterocycles. The van der Waals surface area contributed by atoms with Crippen molar-refractivity contribution in [2.45, 2.75) is 13.0 Å². The first-order chi connectivity index (χ1) is 11.0. The number of nitrogens with zero attached hydrogens (tertiary/aromatic N) is 1. The molecule has 0 aliphatic rings. The molecular formula is C16H16FN3O3. The van der Waals surface area contributed by atoms with Gasteiger partial charge in [0.05, 0.1) is 11.6 Å². The summed E-state index contributed by atoms with van der Waals surface area (Å²) in [7, 11) is 0. The molecule has 2 amide bonds. The van der Waals surface area contributed by atoms with Crippen molar-refractivity contribution in [3.63, 3.8) is 0 Å². The van der Waals surface area contributed by atoms with Crippen LogP contribution in [0.2, 0.25) is 0 Å². The van der Waals surface area contributed by atoms with E-state index in [0.717, 1.165) is 0 Å². The van der Waals surface area contributed by atoms with E-state index >= 15 is 0 Å². The molecule has 1 aromatic carbocycles. The van der Waals surface area contributed by atoms with Gasteiger partial charge in [-0.2, -0.15) is 0 Å². The molecule has 1 aromatic heterocycles. The van der Waals surface area contributed by atoms with E-state index in [1.54, 1.807) is 6.92 Å². The zero-order chi connectivity index (χ0) is 16.8. The van der Waals surface area contributed by atoms with Crippen LogP contribution in [0.3, 0.4) is 0 Å². The highest BCUT2D eigenvalue weighted by Crippen LogP contribution is 2.11. The molecule has 0 aliphatic carbocycles. The van der Waals surface area contributed by atoms with Crippen LogP contribution in [0.4, 0.5) is 4.39 Å². The van der Waals surface area contributed by atoms with Crippen LogP contribution in [-0.4, -0.2) is 29.4 Å². The number of ether oxygens (including phenoxy) is 1. The molecule has 1 atom stereocenters. The topological polar surface area (TPSA) is 94.3 Å². The number of amides is 2. The molecule has 3 N–H and O–H groups in total. The lowest BCUT2D eigenvalue weighted by Gasteiger charge is -2.15. The molecule has 0 saturated heterocycles. The summed E-state index contributed by atoms with van der Waals surface area (Å²) in [5.41, 5.74) is 5.48. The standard InChI is InChI=1S/C16H16FN3O3/c1-10(9-23-13-5-3-12(17)4-6-13)20-16(22)11-2-7-14(15(18)21)19-8-11/h2-8,10H,9H2,1H3,(H2,18,21)(H,20,22). The van der Waals surface area contributed by atoms with E-state index in [1.165, 1.54) is 42.6 Å². The number of hydrogen-bond acceptors (Lipinski definition) is 4. The van der Waals surface area contributed by atoms with Gasteiger partial charge in [0, 0.05) is 6.20 Å². The Balaban J connectivity index is 1.86. The number of primary amides is 1. The van der Waals surface area contributed by atoms with Crippen LogP contribution >= 0.6 is 0 Å². The van der Waals surface area contributed by atoms with Gasteiger partial charge in [-0.25, -0.2) is 4.39 Å². The molecule has 0 radical (unpaired) electrons. The second-order valence-corrected chi connectivity index (χ2v) is 4.94. The normalized spacial score (nSPS) is 11.6. The Hall–Kier alpha value is -2.96. The molecule has 6 nitrogen and oxygen atoms in total. The molecule has 1 unspecified atom stereocenters. The molecule has 0 spiro atoms. The van der Waals surface area contributed by atoms with E-state index in [0.29, 0.717) is 11.3 Å². The number of carbonyl (C=O) groups is 2. The Kier molecular flexibility index (Phi) is 5.24. The third kappa shape index (κ3) is 4.77. The van der Waals surface area contributed by atoms with Crippen molar-refractivity contribution in [1.82, 2.24) is 10.3 Å². The third-order valence-electron chi connectivity index (χ3n) is 2.97. The third-order valence-corrected chi connectivity index (χ3v) is 2.97. The van der Waals surface area contributed by atoms with Gasteiger partial charge in [0.2, 0.25) is 0 Å². The second-order valence-electron chi connectivity index (χ2n) is 4.94. The number of halogens is 1. The lowest BCUT2D eigenvalue weighted by molar-refractivity contribution is 0.0924. The Bertz CT molecular complexity index is 687. The van der Waals surface area contributed by atoms with Crippen LogP contribution in [0.25, 0.3) is 0 Å². The predicted molar refractivity (Wildman–Crippen MR) is 81.6 cm³/mol. The summed E-state index contributed by atoms with van der Waals surface area (Å²) in [5.74, 6) is -0.827. The molecule has 1 heterocycles. The van der Waals surface area contributed by atoms with E-state index in [2.05, 4.69) is 10.3 Å². The lowest BCUT2D eigenvalue weighted by atomic mass is 10.2. The molecule has 0 fully saturated rings. The average Bonchev–Trinajstić information content (AvgIpc) is 2.54. The van der Waals surface area contributed by atoms with Crippen LogP contribution in [0, 0.1) is 5.82 Å². The molecule has 2 aromatic rings. The number of rotatable bonds is 6. The van der Waals surface area contributed by atoms with Crippen molar-refractivity contribution in [3.8, 4) is 5.75 Å². The van der Waals surface area contributed by atoms with Crippen LogP contribution in [-0.2, 0) is 0 Å². The monoisotopic (exact) mass is 317 g/mol. The zero-order valence-electron chi connectivity index (χ0n) is 12.5. The van der Waals surface area contributed by atoms with E-state index < -0.39 is 5.91 Å². The molecule has 2 rings (SSSR count). The number of carbonyl (C=O) groups excluding carboxylic acids is 2. The number of benzene rings is 1. The first kappa shape index (κ1) is 16.4.